The molecule has 7 nitrogen and oxygen atoms in total. The zero-order valence-corrected chi connectivity index (χ0v) is 18.4. The number of Topliss-reactive ketones (excluding diaryl/α,β-unsaturated/α-hetero) is 1. The van der Waals surface area contributed by atoms with Crippen LogP contribution in [0.15, 0.2) is 54.4 Å². The summed E-state index contributed by atoms with van der Waals surface area (Å²) in [5.41, 5.74) is 1.28. The maximum absolute atomic E-state index is 12.9. The number of carbonyl (C=O) groups excluding carboxylic acids is 2. The number of likely N-dealkylation sites (N-methyl/N-ethyl adjacent to an activating group) is 1. The SMILES string of the molecule is CC(C)COc1ccc(C(O)=C2C(=O)C(=O)N(CCN(C)C)[C@@H]2c2ccncc2)cc1. The van der Waals surface area contributed by atoms with Gasteiger partial charge in [0.15, 0.2) is 0 Å². The summed E-state index contributed by atoms with van der Waals surface area (Å²) in [4.78, 5) is 33.3. The Labute approximate surface area is 183 Å². The Morgan fingerprint density at radius 1 is 1.13 bits per heavy atom. The van der Waals surface area contributed by atoms with Crippen molar-refractivity contribution in [1.29, 1.82) is 0 Å². The molecule has 164 valence electrons. The van der Waals surface area contributed by atoms with E-state index in [2.05, 4.69) is 18.8 Å². The highest BCUT2D eigenvalue weighted by Crippen LogP contribution is 2.39. The van der Waals surface area contributed by atoms with Crippen LogP contribution in [0.25, 0.3) is 5.76 Å². The highest BCUT2D eigenvalue weighted by Gasteiger charge is 2.45. The highest BCUT2D eigenvalue weighted by atomic mass is 16.5. The topological polar surface area (TPSA) is 83.0 Å². The van der Waals surface area contributed by atoms with E-state index in [4.69, 9.17) is 4.74 Å². The Bertz CT molecular complexity index is 953. The van der Waals surface area contributed by atoms with Crippen LogP contribution in [0.5, 0.6) is 5.75 Å². The van der Waals surface area contributed by atoms with Crippen LogP contribution in [0, 0.1) is 5.92 Å². The van der Waals surface area contributed by atoms with Gasteiger partial charge in [-0.25, -0.2) is 0 Å². The number of carbonyl (C=O) groups is 2. The van der Waals surface area contributed by atoms with Gasteiger partial charge in [0.25, 0.3) is 11.7 Å². The van der Waals surface area contributed by atoms with Gasteiger partial charge >= 0.3 is 0 Å². The van der Waals surface area contributed by atoms with Crippen LogP contribution in [-0.4, -0.2) is 65.4 Å². The van der Waals surface area contributed by atoms with Crippen LogP contribution in [0.4, 0.5) is 0 Å². The van der Waals surface area contributed by atoms with Gasteiger partial charge in [0, 0.05) is 31.0 Å². The van der Waals surface area contributed by atoms with E-state index in [1.54, 1.807) is 48.8 Å². The van der Waals surface area contributed by atoms with Crippen molar-refractivity contribution in [2.75, 3.05) is 33.8 Å². The number of aliphatic hydroxyl groups is 1. The average Bonchev–Trinajstić information content (AvgIpc) is 3.01. The summed E-state index contributed by atoms with van der Waals surface area (Å²) < 4.78 is 5.69. The first-order chi connectivity index (χ1) is 14.8. The van der Waals surface area contributed by atoms with Gasteiger partial charge in [-0.2, -0.15) is 0 Å². The molecule has 31 heavy (non-hydrogen) atoms. The van der Waals surface area contributed by atoms with Crippen molar-refractivity contribution in [3.05, 3.63) is 65.5 Å². The number of likely N-dealkylation sites (tertiary alicyclic amines) is 1. The third-order valence-corrected chi connectivity index (χ3v) is 5.06. The van der Waals surface area contributed by atoms with E-state index in [-0.39, 0.29) is 11.3 Å². The number of aromatic nitrogens is 1. The lowest BCUT2D eigenvalue weighted by Gasteiger charge is -2.26. The quantitative estimate of drug-likeness (QED) is 0.399. The highest BCUT2D eigenvalue weighted by molar-refractivity contribution is 6.46. The summed E-state index contributed by atoms with van der Waals surface area (Å²) in [6, 6.07) is 9.75. The summed E-state index contributed by atoms with van der Waals surface area (Å²) in [6.07, 6.45) is 3.23. The smallest absolute Gasteiger partial charge is 0.295 e. The molecular formula is C24H29N3O4. The van der Waals surface area contributed by atoms with Gasteiger partial charge in [0.2, 0.25) is 0 Å². The lowest BCUT2D eigenvalue weighted by molar-refractivity contribution is -0.140. The van der Waals surface area contributed by atoms with Gasteiger partial charge in [-0.05, 0) is 62.0 Å². The normalized spacial score (nSPS) is 18.3. The Hall–Kier alpha value is -3.19. The Kier molecular flexibility index (Phi) is 7.07. The first-order valence-corrected chi connectivity index (χ1v) is 10.4. The number of aliphatic hydroxyl groups excluding tert-OH is 1. The van der Waals surface area contributed by atoms with Crippen LogP contribution < -0.4 is 4.74 Å². The molecule has 1 amide bonds. The van der Waals surface area contributed by atoms with Crippen molar-refractivity contribution in [1.82, 2.24) is 14.8 Å². The molecule has 1 aliphatic rings. The fraction of sp³-hybridized carbons (Fsp3) is 0.375. The molecule has 3 rings (SSSR count). The molecule has 1 atom stereocenters. The molecule has 2 aromatic rings. The second kappa shape index (κ2) is 9.75. The van der Waals surface area contributed by atoms with Crippen molar-refractivity contribution in [2.24, 2.45) is 5.92 Å². The van der Waals surface area contributed by atoms with Crippen molar-refractivity contribution in [3.8, 4) is 5.75 Å². The Morgan fingerprint density at radius 3 is 2.35 bits per heavy atom. The van der Waals surface area contributed by atoms with Crippen LogP contribution in [-0.2, 0) is 9.59 Å². The number of hydrogen-bond acceptors (Lipinski definition) is 6. The van der Waals surface area contributed by atoms with E-state index in [9.17, 15) is 14.7 Å². The van der Waals surface area contributed by atoms with Crippen molar-refractivity contribution < 1.29 is 19.4 Å². The summed E-state index contributed by atoms with van der Waals surface area (Å²) in [6.45, 7) is 5.67. The predicted molar refractivity (Wildman–Crippen MR) is 119 cm³/mol. The van der Waals surface area contributed by atoms with E-state index in [1.165, 1.54) is 4.90 Å². The third kappa shape index (κ3) is 5.11. The van der Waals surface area contributed by atoms with Crippen LogP contribution >= 0.6 is 0 Å². The standard InChI is InChI=1S/C24H29N3O4/c1-16(2)15-31-19-7-5-18(6-8-19)22(28)20-21(17-9-11-25-12-10-17)27(14-13-26(3)4)24(30)23(20)29/h5-12,16,21,28H,13-15H2,1-4H3/t21-/m1/s1. The number of ether oxygens (including phenoxy) is 1. The molecule has 0 radical (unpaired) electrons. The molecule has 0 spiro atoms. The lowest BCUT2D eigenvalue weighted by atomic mass is 9.96. The number of hydrogen-bond donors (Lipinski definition) is 1. The van der Waals surface area contributed by atoms with Gasteiger partial charge in [-0.15, -0.1) is 0 Å². The molecule has 1 aliphatic heterocycles. The Balaban J connectivity index is 2.00. The number of pyridine rings is 1. The molecule has 1 aromatic heterocycles. The van der Waals surface area contributed by atoms with Gasteiger partial charge in [-0.3, -0.25) is 14.6 Å². The molecule has 1 aromatic carbocycles. The van der Waals surface area contributed by atoms with E-state index >= 15 is 0 Å². The number of benzene rings is 1. The second-order valence-electron chi connectivity index (χ2n) is 8.31. The summed E-state index contributed by atoms with van der Waals surface area (Å²) >= 11 is 0. The zero-order valence-electron chi connectivity index (χ0n) is 18.4. The third-order valence-electron chi connectivity index (χ3n) is 5.06. The Morgan fingerprint density at radius 2 is 1.77 bits per heavy atom. The number of nitrogens with zero attached hydrogens (tertiary/aromatic N) is 3. The van der Waals surface area contributed by atoms with Gasteiger partial charge in [0.05, 0.1) is 18.2 Å². The average molecular weight is 424 g/mol. The number of rotatable bonds is 8. The first kappa shape index (κ1) is 22.5. The molecule has 0 unspecified atom stereocenters. The first-order valence-electron chi connectivity index (χ1n) is 10.4. The van der Waals surface area contributed by atoms with Crippen LogP contribution in [0.3, 0.4) is 0 Å². The summed E-state index contributed by atoms with van der Waals surface area (Å²) in [5.74, 6) is -0.405. The second-order valence-corrected chi connectivity index (χ2v) is 8.31. The van der Waals surface area contributed by atoms with Crippen LogP contribution in [0.1, 0.15) is 31.0 Å². The molecule has 0 bridgehead atoms. The minimum atomic E-state index is -0.682. The van der Waals surface area contributed by atoms with E-state index in [0.29, 0.717) is 36.9 Å². The van der Waals surface area contributed by atoms with Crippen molar-refractivity contribution in [2.45, 2.75) is 19.9 Å². The molecule has 1 N–H and O–H groups in total. The van der Waals surface area contributed by atoms with Gasteiger partial charge in [0.1, 0.15) is 11.5 Å². The van der Waals surface area contributed by atoms with Crippen LogP contribution in [0.2, 0.25) is 0 Å². The number of amides is 1. The molecule has 1 saturated heterocycles. The van der Waals surface area contributed by atoms with E-state index < -0.39 is 17.7 Å². The van der Waals surface area contributed by atoms with E-state index in [1.807, 2.05) is 19.0 Å². The molecule has 7 heteroatoms. The molecule has 2 heterocycles. The lowest BCUT2D eigenvalue weighted by Crippen LogP contribution is -2.35. The largest absolute Gasteiger partial charge is 0.507 e. The fourth-order valence-corrected chi connectivity index (χ4v) is 3.44. The molecule has 0 aliphatic carbocycles. The maximum Gasteiger partial charge on any atom is 0.295 e. The zero-order chi connectivity index (χ0) is 22.5. The molecule has 0 saturated carbocycles. The number of ketones is 1. The predicted octanol–water partition coefficient (Wildman–Crippen LogP) is 3.10. The molecular weight excluding hydrogens is 394 g/mol. The van der Waals surface area contributed by atoms with Crippen molar-refractivity contribution >= 4 is 17.4 Å². The fourth-order valence-electron chi connectivity index (χ4n) is 3.44. The van der Waals surface area contributed by atoms with Gasteiger partial charge in [-0.1, -0.05) is 13.8 Å². The van der Waals surface area contributed by atoms with Gasteiger partial charge < -0.3 is 19.6 Å². The monoisotopic (exact) mass is 423 g/mol. The molecule has 1 fully saturated rings. The maximum atomic E-state index is 12.9. The van der Waals surface area contributed by atoms with Crippen molar-refractivity contribution in [3.63, 3.8) is 0 Å². The summed E-state index contributed by atoms with van der Waals surface area (Å²) in [5, 5.41) is 11.1. The minimum absolute atomic E-state index is 0.0887. The minimum Gasteiger partial charge on any atom is -0.507 e. The van der Waals surface area contributed by atoms with E-state index in [0.717, 1.165) is 5.56 Å². The summed E-state index contributed by atoms with van der Waals surface area (Å²) in [7, 11) is 3.81.